The molecule has 1 saturated carbocycles. The van der Waals surface area contributed by atoms with Crippen molar-refractivity contribution in [1.82, 2.24) is 4.90 Å². The van der Waals surface area contributed by atoms with Gasteiger partial charge in [-0.05, 0) is 49.9 Å². The van der Waals surface area contributed by atoms with Gasteiger partial charge in [-0.3, -0.25) is 9.69 Å². The topological polar surface area (TPSA) is 20.3 Å². The maximum absolute atomic E-state index is 12.3. The van der Waals surface area contributed by atoms with Gasteiger partial charge in [-0.15, -0.1) is 0 Å². The van der Waals surface area contributed by atoms with Crippen molar-refractivity contribution in [2.45, 2.75) is 26.2 Å². The van der Waals surface area contributed by atoms with Crippen molar-refractivity contribution < 1.29 is 4.79 Å². The zero-order valence-electron chi connectivity index (χ0n) is 11.2. The third-order valence-corrected chi connectivity index (χ3v) is 3.91. The lowest BCUT2D eigenvalue weighted by atomic mass is 10.1. The van der Waals surface area contributed by atoms with Gasteiger partial charge in [-0.25, -0.2) is 0 Å². The summed E-state index contributed by atoms with van der Waals surface area (Å²) in [6, 6.07) is 5.05. The molecule has 2 rings (SSSR count). The van der Waals surface area contributed by atoms with Gasteiger partial charge >= 0.3 is 0 Å². The molecular weight excluding hydrogens is 281 g/mol. The van der Waals surface area contributed by atoms with Gasteiger partial charge in [0, 0.05) is 17.1 Å². The van der Waals surface area contributed by atoms with Crippen LogP contribution in [-0.4, -0.2) is 30.3 Å². The molecule has 2 nitrogen and oxygen atoms in total. The second-order valence-corrected chi connectivity index (χ2v) is 6.07. The summed E-state index contributed by atoms with van der Waals surface area (Å²) in [6.45, 7) is 4.55. The van der Waals surface area contributed by atoms with E-state index >= 15 is 0 Å². The van der Waals surface area contributed by atoms with Crippen molar-refractivity contribution in [2.75, 3.05) is 19.6 Å². The fraction of sp³-hybridized carbons (Fsp3) is 0.533. The average molecular weight is 300 g/mol. The van der Waals surface area contributed by atoms with E-state index in [1.807, 2.05) is 0 Å². The van der Waals surface area contributed by atoms with E-state index < -0.39 is 0 Å². The van der Waals surface area contributed by atoms with Gasteiger partial charge < -0.3 is 0 Å². The molecule has 0 saturated heterocycles. The van der Waals surface area contributed by atoms with Crippen molar-refractivity contribution in [3.63, 3.8) is 0 Å². The zero-order valence-corrected chi connectivity index (χ0v) is 12.7. The highest BCUT2D eigenvalue weighted by Crippen LogP contribution is 2.30. The van der Waals surface area contributed by atoms with Crippen LogP contribution in [0.5, 0.6) is 0 Å². The number of hydrogen-bond donors (Lipinski definition) is 0. The summed E-state index contributed by atoms with van der Waals surface area (Å²) in [7, 11) is 0. The Bertz CT molecular complexity index is 457. The van der Waals surface area contributed by atoms with Gasteiger partial charge in [0.2, 0.25) is 0 Å². The average Bonchev–Trinajstić information content (AvgIpc) is 3.16. The normalized spacial score (nSPS) is 14.9. The molecule has 0 heterocycles. The van der Waals surface area contributed by atoms with E-state index in [9.17, 15) is 4.79 Å². The lowest BCUT2D eigenvalue weighted by Gasteiger charge is -2.20. The van der Waals surface area contributed by atoms with Crippen LogP contribution in [0.2, 0.25) is 10.0 Å². The molecule has 4 heteroatoms. The maximum Gasteiger partial charge on any atom is 0.178 e. The van der Waals surface area contributed by atoms with Gasteiger partial charge in [-0.1, -0.05) is 30.1 Å². The van der Waals surface area contributed by atoms with Crippen molar-refractivity contribution >= 4 is 29.0 Å². The molecule has 1 aromatic carbocycles. The molecule has 0 spiro atoms. The monoisotopic (exact) mass is 299 g/mol. The number of carbonyl (C=O) groups excluding carboxylic acids is 1. The Morgan fingerprint density at radius 3 is 2.74 bits per heavy atom. The number of nitrogens with zero attached hydrogens (tertiary/aromatic N) is 1. The van der Waals surface area contributed by atoms with E-state index in [1.54, 1.807) is 18.2 Å². The third kappa shape index (κ3) is 4.48. The summed E-state index contributed by atoms with van der Waals surface area (Å²) in [5.74, 6) is 0.843. The first-order valence-electron chi connectivity index (χ1n) is 6.80. The molecule has 1 aromatic rings. The number of rotatable bonds is 7. The van der Waals surface area contributed by atoms with Crippen LogP contribution in [0.1, 0.15) is 36.5 Å². The van der Waals surface area contributed by atoms with E-state index in [0.29, 0.717) is 22.2 Å². The molecule has 1 aliphatic rings. The summed E-state index contributed by atoms with van der Waals surface area (Å²) >= 11 is 12.0. The zero-order chi connectivity index (χ0) is 13.8. The van der Waals surface area contributed by atoms with Crippen LogP contribution < -0.4 is 0 Å². The minimum absolute atomic E-state index is 0.0570. The van der Waals surface area contributed by atoms with E-state index in [2.05, 4.69) is 11.8 Å². The number of hydrogen-bond acceptors (Lipinski definition) is 2. The Balaban J connectivity index is 2.02. The molecule has 0 aromatic heterocycles. The Morgan fingerprint density at radius 2 is 2.11 bits per heavy atom. The van der Waals surface area contributed by atoms with Gasteiger partial charge in [-0.2, -0.15) is 0 Å². The molecule has 0 radical (unpaired) electrons. The fourth-order valence-corrected chi connectivity index (χ4v) is 2.61. The highest BCUT2D eigenvalue weighted by molar-refractivity contribution is 6.36. The highest BCUT2D eigenvalue weighted by atomic mass is 35.5. The summed E-state index contributed by atoms with van der Waals surface area (Å²) in [5.41, 5.74) is 0.533. The molecule has 0 N–H and O–H groups in total. The third-order valence-electron chi connectivity index (χ3n) is 3.35. The minimum atomic E-state index is 0.0570. The molecule has 1 aliphatic carbocycles. The first-order valence-corrected chi connectivity index (χ1v) is 7.56. The molecule has 1 fully saturated rings. The lowest BCUT2D eigenvalue weighted by molar-refractivity contribution is 0.0927. The number of carbonyl (C=O) groups is 1. The molecule has 0 unspecified atom stereocenters. The van der Waals surface area contributed by atoms with Crippen LogP contribution in [-0.2, 0) is 0 Å². The molecule has 0 atom stereocenters. The van der Waals surface area contributed by atoms with Gasteiger partial charge in [0.25, 0.3) is 0 Å². The fourth-order valence-electron chi connectivity index (χ4n) is 2.22. The predicted molar refractivity (Wildman–Crippen MR) is 80.2 cm³/mol. The van der Waals surface area contributed by atoms with Crippen LogP contribution in [0.25, 0.3) is 0 Å². The SMILES string of the molecule is CCCN(CC(=O)c1cc(Cl)ccc1Cl)CC1CC1. The smallest absolute Gasteiger partial charge is 0.178 e. The first kappa shape index (κ1) is 14.8. The standard InChI is InChI=1S/C15H19Cl2NO/c1-2-7-18(9-11-3-4-11)10-15(19)13-8-12(16)5-6-14(13)17/h5-6,8,11H,2-4,7,9-10H2,1H3. The van der Waals surface area contributed by atoms with Crippen LogP contribution in [0.15, 0.2) is 18.2 Å². The van der Waals surface area contributed by atoms with Crippen molar-refractivity contribution in [1.29, 1.82) is 0 Å². The minimum Gasteiger partial charge on any atom is -0.296 e. The van der Waals surface area contributed by atoms with Crippen molar-refractivity contribution in [2.24, 2.45) is 5.92 Å². The Morgan fingerprint density at radius 1 is 1.37 bits per heavy atom. The Hall–Kier alpha value is -0.570. The van der Waals surface area contributed by atoms with Crippen LogP contribution in [0.3, 0.4) is 0 Å². The van der Waals surface area contributed by atoms with E-state index in [4.69, 9.17) is 23.2 Å². The summed E-state index contributed by atoms with van der Waals surface area (Å²) in [5, 5.41) is 1.04. The molecule has 104 valence electrons. The molecule has 0 bridgehead atoms. The van der Waals surface area contributed by atoms with Gasteiger partial charge in [0.15, 0.2) is 5.78 Å². The quantitative estimate of drug-likeness (QED) is 0.700. The number of ketones is 1. The predicted octanol–water partition coefficient (Wildman–Crippen LogP) is 4.30. The number of halogens is 2. The second-order valence-electron chi connectivity index (χ2n) is 5.23. The van der Waals surface area contributed by atoms with E-state index in [-0.39, 0.29) is 5.78 Å². The Kier molecular flexibility index (Phi) is 5.26. The second kappa shape index (κ2) is 6.74. The molecule has 0 aliphatic heterocycles. The van der Waals surface area contributed by atoms with Gasteiger partial charge in [0.05, 0.1) is 11.6 Å². The summed E-state index contributed by atoms with van der Waals surface area (Å²) < 4.78 is 0. The summed E-state index contributed by atoms with van der Waals surface area (Å²) in [6.07, 6.45) is 3.65. The number of Topliss-reactive ketones (excluding diaryl/α,β-unsaturated/α-hetero) is 1. The van der Waals surface area contributed by atoms with Crippen LogP contribution >= 0.6 is 23.2 Å². The summed E-state index contributed by atoms with van der Waals surface area (Å²) in [4.78, 5) is 14.6. The Labute approximate surface area is 124 Å². The van der Waals surface area contributed by atoms with E-state index in [1.165, 1.54) is 12.8 Å². The van der Waals surface area contributed by atoms with E-state index in [0.717, 1.165) is 25.4 Å². The molecular formula is C15H19Cl2NO. The number of benzene rings is 1. The first-order chi connectivity index (χ1) is 9.10. The maximum atomic E-state index is 12.3. The van der Waals surface area contributed by atoms with Gasteiger partial charge in [0.1, 0.15) is 0 Å². The molecule has 0 amide bonds. The molecule has 19 heavy (non-hydrogen) atoms. The van der Waals surface area contributed by atoms with Crippen LogP contribution in [0.4, 0.5) is 0 Å². The lowest BCUT2D eigenvalue weighted by Crippen LogP contribution is -2.32. The highest BCUT2D eigenvalue weighted by Gasteiger charge is 2.25. The van der Waals surface area contributed by atoms with Crippen molar-refractivity contribution in [3.05, 3.63) is 33.8 Å². The largest absolute Gasteiger partial charge is 0.296 e. The van der Waals surface area contributed by atoms with Crippen LogP contribution in [0, 0.1) is 5.92 Å². The van der Waals surface area contributed by atoms with Crippen molar-refractivity contribution in [3.8, 4) is 0 Å².